The molecule has 3 rings (SSSR count). The fraction of sp³-hybridized carbons (Fsp3) is 0.188. The Hall–Kier alpha value is -2.40. The minimum atomic E-state index is -0.415. The van der Waals surface area contributed by atoms with Crippen LogP contribution in [0.3, 0.4) is 0 Å². The Labute approximate surface area is 132 Å². The van der Waals surface area contributed by atoms with Crippen molar-refractivity contribution in [2.24, 2.45) is 0 Å². The van der Waals surface area contributed by atoms with Crippen molar-refractivity contribution in [3.8, 4) is 11.3 Å². The van der Waals surface area contributed by atoms with Gasteiger partial charge in [-0.2, -0.15) is 0 Å². The van der Waals surface area contributed by atoms with Gasteiger partial charge in [0.25, 0.3) is 5.69 Å². The summed E-state index contributed by atoms with van der Waals surface area (Å²) in [6.07, 6.45) is 1.95. The van der Waals surface area contributed by atoms with Crippen LogP contribution >= 0.6 is 11.6 Å². The van der Waals surface area contributed by atoms with Crippen molar-refractivity contribution in [2.75, 3.05) is 0 Å². The highest BCUT2D eigenvalue weighted by Crippen LogP contribution is 2.32. The van der Waals surface area contributed by atoms with E-state index in [1.165, 1.54) is 12.1 Å². The van der Waals surface area contributed by atoms with E-state index >= 15 is 0 Å². The molecule has 0 saturated heterocycles. The smallest absolute Gasteiger partial charge is 0.269 e. The molecule has 0 fully saturated rings. The summed E-state index contributed by atoms with van der Waals surface area (Å²) < 4.78 is 1.96. The Bertz CT molecular complexity index is 854. The summed E-state index contributed by atoms with van der Waals surface area (Å²) >= 11 is 6.33. The van der Waals surface area contributed by atoms with Gasteiger partial charge in [-0.1, -0.05) is 0 Å². The van der Waals surface area contributed by atoms with Crippen molar-refractivity contribution in [3.63, 3.8) is 0 Å². The summed E-state index contributed by atoms with van der Waals surface area (Å²) in [5.41, 5.74) is 4.43. The van der Waals surface area contributed by atoms with Crippen LogP contribution in [0.4, 0.5) is 5.69 Å². The van der Waals surface area contributed by atoms with E-state index in [0.717, 1.165) is 28.2 Å². The Morgan fingerprint density at radius 2 is 1.95 bits per heavy atom. The molecule has 1 atom stereocenters. The number of nitrogens with zero attached hydrogens (tertiary/aromatic N) is 3. The van der Waals surface area contributed by atoms with E-state index in [1.807, 2.05) is 36.6 Å². The Kier molecular flexibility index (Phi) is 3.58. The number of nitro groups is 1. The van der Waals surface area contributed by atoms with Gasteiger partial charge in [0, 0.05) is 23.9 Å². The summed E-state index contributed by atoms with van der Waals surface area (Å²) in [5, 5.41) is 10.5. The van der Waals surface area contributed by atoms with Crippen LogP contribution in [-0.4, -0.2) is 14.3 Å². The molecule has 0 bridgehead atoms. The van der Waals surface area contributed by atoms with Crippen molar-refractivity contribution in [3.05, 3.63) is 64.0 Å². The van der Waals surface area contributed by atoms with Crippen molar-refractivity contribution in [1.82, 2.24) is 9.38 Å². The highest BCUT2D eigenvalue weighted by Gasteiger charge is 2.18. The molecule has 112 valence electrons. The third kappa shape index (κ3) is 2.44. The predicted octanol–water partition coefficient (Wildman–Crippen LogP) is 4.52. The number of aryl methyl sites for hydroxylation is 1. The number of rotatable bonds is 3. The molecule has 6 heteroatoms. The van der Waals surface area contributed by atoms with Gasteiger partial charge < -0.3 is 4.40 Å². The van der Waals surface area contributed by atoms with Crippen molar-refractivity contribution in [2.45, 2.75) is 19.2 Å². The van der Waals surface area contributed by atoms with Crippen LogP contribution in [0.2, 0.25) is 0 Å². The maximum absolute atomic E-state index is 10.8. The minimum absolute atomic E-state index is 0.0591. The zero-order chi connectivity index (χ0) is 15.9. The Balaban J connectivity index is 2.20. The first-order valence-electron chi connectivity index (χ1n) is 6.85. The molecule has 3 aromatic rings. The third-order valence-electron chi connectivity index (χ3n) is 3.55. The normalized spacial score (nSPS) is 12.5. The van der Waals surface area contributed by atoms with Gasteiger partial charge >= 0.3 is 0 Å². The van der Waals surface area contributed by atoms with Crippen molar-refractivity contribution >= 4 is 22.9 Å². The van der Waals surface area contributed by atoms with Crippen LogP contribution in [0.15, 0.2) is 42.6 Å². The first-order valence-corrected chi connectivity index (χ1v) is 7.28. The first-order chi connectivity index (χ1) is 10.5. The van der Waals surface area contributed by atoms with Gasteiger partial charge in [0.05, 0.1) is 21.7 Å². The van der Waals surface area contributed by atoms with E-state index in [4.69, 9.17) is 11.6 Å². The molecule has 1 unspecified atom stereocenters. The highest BCUT2D eigenvalue weighted by molar-refractivity contribution is 6.20. The van der Waals surface area contributed by atoms with Crippen LogP contribution in [0.25, 0.3) is 16.9 Å². The number of hydrogen-bond acceptors (Lipinski definition) is 3. The molecule has 1 aromatic carbocycles. The molecule has 0 saturated carbocycles. The fourth-order valence-electron chi connectivity index (χ4n) is 2.50. The number of hydrogen-bond donors (Lipinski definition) is 0. The van der Waals surface area contributed by atoms with Gasteiger partial charge in [0.15, 0.2) is 0 Å². The average Bonchev–Trinajstić information content (AvgIpc) is 2.85. The highest BCUT2D eigenvalue weighted by atomic mass is 35.5. The van der Waals surface area contributed by atoms with Gasteiger partial charge in [0.1, 0.15) is 5.65 Å². The average molecular weight is 316 g/mol. The lowest BCUT2D eigenvalue weighted by atomic mass is 10.1. The lowest BCUT2D eigenvalue weighted by Crippen LogP contribution is -1.95. The molecule has 0 aliphatic heterocycles. The summed E-state index contributed by atoms with van der Waals surface area (Å²) in [5.74, 6) is 0. The zero-order valence-corrected chi connectivity index (χ0v) is 12.9. The molecule has 0 radical (unpaired) electrons. The second-order valence-electron chi connectivity index (χ2n) is 5.20. The number of halogens is 1. The molecular weight excluding hydrogens is 302 g/mol. The summed E-state index contributed by atoms with van der Waals surface area (Å²) in [4.78, 5) is 15.0. The van der Waals surface area contributed by atoms with Crippen LogP contribution in [0, 0.1) is 17.0 Å². The number of alkyl halides is 1. The number of benzene rings is 1. The molecule has 0 aliphatic rings. The van der Waals surface area contributed by atoms with Crippen LogP contribution in [0.1, 0.15) is 23.6 Å². The van der Waals surface area contributed by atoms with Gasteiger partial charge in [0.2, 0.25) is 0 Å². The molecule has 22 heavy (non-hydrogen) atoms. The predicted molar refractivity (Wildman–Crippen MR) is 86.3 cm³/mol. The minimum Gasteiger partial charge on any atom is -0.302 e. The van der Waals surface area contributed by atoms with Crippen LogP contribution in [-0.2, 0) is 0 Å². The molecule has 2 heterocycles. The van der Waals surface area contributed by atoms with Crippen molar-refractivity contribution in [1.29, 1.82) is 0 Å². The summed E-state index contributed by atoms with van der Waals surface area (Å²) in [6, 6.07) is 10.3. The van der Waals surface area contributed by atoms with Crippen LogP contribution < -0.4 is 0 Å². The van der Waals surface area contributed by atoms with Gasteiger partial charge in [-0.05, 0) is 43.7 Å². The second kappa shape index (κ2) is 5.42. The third-order valence-corrected chi connectivity index (χ3v) is 3.75. The molecule has 2 aromatic heterocycles. The zero-order valence-electron chi connectivity index (χ0n) is 12.2. The molecule has 0 spiro atoms. The van der Waals surface area contributed by atoms with E-state index < -0.39 is 4.92 Å². The molecule has 5 nitrogen and oxygen atoms in total. The van der Waals surface area contributed by atoms with Gasteiger partial charge in [-0.25, -0.2) is 4.98 Å². The lowest BCUT2D eigenvalue weighted by molar-refractivity contribution is -0.384. The van der Waals surface area contributed by atoms with Crippen LogP contribution in [0.5, 0.6) is 0 Å². The number of aromatic nitrogens is 2. The first kappa shape index (κ1) is 14.5. The van der Waals surface area contributed by atoms with E-state index in [9.17, 15) is 10.1 Å². The topological polar surface area (TPSA) is 60.4 Å². The number of nitro benzene ring substituents is 1. The van der Waals surface area contributed by atoms with Crippen molar-refractivity contribution < 1.29 is 4.92 Å². The van der Waals surface area contributed by atoms with Gasteiger partial charge in [-0.15, -0.1) is 11.6 Å². The summed E-state index contributed by atoms with van der Waals surface area (Å²) in [7, 11) is 0. The molecule has 0 aliphatic carbocycles. The quantitative estimate of drug-likeness (QED) is 0.405. The maximum Gasteiger partial charge on any atom is 0.269 e. The van der Waals surface area contributed by atoms with Gasteiger partial charge in [-0.3, -0.25) is 10.1 Å². The maximum atomic E-state index is 10.8. The number of pyridine rings is 1. The second-order valence-corrected chi connectivity index (χ2v) is 5.85. The largest absolute Gasteiger partial charge is 0.302 e. The standard InChI is InChI=1S/C16H14ClN3O2/c1-10-7-8-19-14(9-10)18-15(16(19)11(2)17)12-3-5-13(6-4-12)20(21)22/h3-9,11H,1-2H3. The fourth-order valence-corrected chi connectivity index (χ4v) is 2.71. The van der Waals surface area contributed by atoms with E-state index in [2.05, 4.69) is 4.98 Å². The van der Waals surface area contributed by atoms with E-state index in [-0.39, 0.29) is 11.1 Å². The summed E-state index contributed by atoms with van der Waals surface area (Å²) in [6.45, 7) is 3.89. The number of non-ortho nitro benzene ring substituents is 1. The molecule has 0 amide bonds. The molecule has 0 N–H and O–H groups in total. The number of fused-ring (bicyclic) bond motifs is 1. The molecular formula is C16H14ClN3O2. The Morgan fingerprint density at radius 3 is 2.55 bits per heavy atom. The Morgan fingerprint density at radius 1 is 1.27 bits per heavy atom. The lowest BCUT2D eigenvalue weighted by Gasteiger charge is -2.07. The number of imidazole rings is 1. The van der Waals surface area contributed by atoms with E-state index in [1.54, 1.807) is 12.1 Å². The monoisotopic (exact) mass is 315 g/mol. The SMILES string of the molecule is Cc1ccn2c(C(C)Cl)c(-c3ccc([N+](=O)[O-])cc3)nc2c1. The van der Waals surface area contributed by atoms with E-state index in [0.29, 0.717) is 0 Å².